The molecule has 0 aliphatic carbocycles. The molecule has 5 heteroatoms. The number of piperazine rings is 1. The van der Waals surface area contributed by atoms with Gasteiger partial charge in [-0.05, 0) is 6.92 Å². The van der Waals surface area contributed by atoms with Gasteiger partial charge >= 0.3 is 0 Å². The monoisotopic (exact) mass is 195 g/mol. The Balaban J connectivity index is 2.20. The van der Waals surface area contributed by atoms with Crippen LogP contribution in [0.2, 0.25) is 0 Å². The first-order chi connectivity index (χ1) is 6.81. The van der Waals surface area contributed by atoms with Gasteiger partial charge in [0.1, 0.15) is 5.82 Å². The van der Waals surface area contributed by atoms with Gasteiger partial charge < -0.3 is 20.5 Å². The van der Waals surface area contributed by atoms with Crippen LogP contribution < -0.4 is 16.0 Å². The molecule has 5 nitrogen and oxygen atoms in total. The lowest BCUT2D eigenvalue weighted by molar-refractivity contribution is 0.568. The number of aryl methyl sites for hydroxylation is 1. The molecule has 1 aromatic heterocycles. The molecule has 14 heavy (non-hydrogen) atoms. The number of hydrogen-bond donors (Lipinski definition) is 2. The van der Waals surface area contributed by atoms with Crippen molar-refractivity contribution in [3.05, 3.63) is 6.20 Å². The van der Waals surface area contributed by atoms with E-state index in [2.05, 4.69) is 26.7 Å². The van der Waals surface area contributed by atoms with E-state index in [1.54, 1.807) is 0 Å². The first-order valence-electron chi connectivity index (χ1n) is 5.09. The smallest absolute Gasteiger partial charge is 0.207 e. The van der Waals surface area contributed by atoms with Gasteiger partial charge in [-0.15, -0.1) is 0 Å². The van der Waals surface area contributed by atoms with Crippen LogP contribution in [-0.4, -0.2) is 35.7 Å². The Morgan fingerprint density at radius 2 is 2.21 bits per heavy atom. The number of aromatic nitrogens is 2. The number of imidazole rings is 1. The number of nitrogens with two attached hydrogens (primary N) is 1. The Morgan fingerprint density at radius 1 is 1.50 bits per heavy atom. The molecule has 3 N–H and O–H groups in total. The van der Waals surface area contributed by atoms with Gasteiger partial charge in [-0.2, -0.15) is 4.98 Å². The number of nitrogen functional groups attached to an aromatic ring is 1. The Kier molecular flexibility index (Phi) is 2.58. The van der Waals surface area contributed by atoms with E-state index in [9.17, 15) is 0 Å². The third-order valence-corrected chi connectivity index (χ3v) is 2.51. The van der Waals surface area contributed by atoms with E-state index in [1.165, 1.54) is 0 Å². The molecule has 1 fully saturated rings. The summed E-state index contributed by atoms with van der Waals surface area (Å²) >= 11 is 0. The molecule has 0 atom stereocenters. The molecule has 1 aromatic rings. The minimum atomic E-state index is 0.611. The number of nitrogens with one attached hydrogen (secondary N) is 1. The minimum absolute atomic E-state index is 0.611. The zero-order chi connectivity index (χ0) is 9.97. The highest BCUT2D eigenvalue weighted by Gasteiger charge is 2.15. The second kappa shape index (κ2) is 3.88. The summed E-state index contributed by atoms with van der Waals surface area (Å²) in [6.45, 7) is 7.09. The predicted octanol–water partition coefficient (Wildman–Crippen LogP) is -0.105. The van der Waals surface area contributed by atoms with E-state index in [0.717, 1.165) is 38.7 Å². The zero-order valence-electron chi connectivity index (χ0n) is 8.53. The number of hydrogen-bond acceptors (Lipinski definition) is 4. The maximum absolute atomic E-state index is 5.69. The van der Waals surface area contributed by atoms with E-state index >= 15 is 0 Å². The highest BCUT2D eigenvalue weighted by Crippen LogP contribution is 2.15. The summed E-state index contributed by atoms with van der Waals surface area (Å²) in [4.78, 5) is 6.62. The molecule has 0 saturated carbocycles. The summed E-state index contributed by atoms with van der Waals surface area (Å²) in [6.07, 6.45) is 1.90. The molecule has 78 valence electrons. The van der Waals surface area contributed by atoms with Crippen LogP contribution in [-0.2, 0) is 6.54 Å². The van der Waals surface area contributed by atoms with E-state index in [-0.39, 0.29) is 0 Å². The van der Waals surface area contributed by atoms with Gasteiger partial charge in [0.2, 0.25) is 5.95 Å². The van der Waals surface area contributed by atoms with Gasteiger partial charge in [0.25, 0.3) is 0 Å². The van der Waals surface area contributed by atoms with E-state index in [4.69, 9.17) is 5.73 Å². The van der Waals surface area contributed by atoms with Crippen molar-refractivity contribution >= 4 is 11.8 Å². The third kappa shape index (κ3) is 1.68. The molecule has 0 amide bonds. The van der Waals surface area contributed by atoms with Crippen molar-refractivity contribution in [2.45, 2.75) is 13.5 Å². The fraction of sp³-hybridized carbons (Fsp3) is 0.667. The molecule has 2 heterocycles. The average molecular weight is 195 g/mol. The second-order valence-corrected chi connectivity index (χ2v) is 3.49. The summed E-state index contributed by atoms with van der Waals surface area (Å²) in [6, 6.07) is 0. The lowest BCUT2D eigenvalue weighted by Crippen LogP contribution is -2.44. The van der Waals surface area contributed by atoms with Crippen molar-refractivity contribution in [1.82, 2.24) is 14.9 Å². The Morgan fingerprint density at radius 3 is 2.86 bits per heavy atom. The van der Waals surface area contributed by atoms with Crippen LogP contribution in [0.1, 0.15) is 6.92 Å². The maximum atomic E-state index is 5.69. The summed E-state index contributed by atoms with van der Waals surface area (Å²) in [5, 5.41) is 3.32. The van der Waals surface area contributed by atoms with Crippen molar-refractivity contribution in [3.63, 3.8) is 0 Å². The normalized spacial score (nSPS) is 17.4. The molecule has 0 unspecified atom stereocenters. The minimum Gasteiger partial charge on any atom is -0.382 e. The first kappa shape index (κ1) is 9.33. The average Bonchev–Trinajstić information content (AvgIpc) is 2.61. The third-order valence-electron chi connectivity index (χ3n) is 2.51. The highest BCUT2D eigenvalue weighted by molar-refractivity contribution is 5.41. The van der Waals surface area contributed by atoms with Crippen LogP contribution in [0, 0.1) is 0 Å². The molecule has 1 saturated heterocycles. The lowest BCUT2D eigenvalue weighted by atomic mass is 10.4. The van der Waals surface area contributed by atoms with Gasteiger partial charge in [-0.25, -0.2) is 0 Å². The number of nitrogens with zero attached hydrogens (tertiary/aromatic N) is 3. The fourth-order valence-corrected chi connectivity index (χ4v) is 1.78. The standard InChI is InChI=1S/C9H17N5/c1-2-13-7-8(10)12-9(13)14-5-3-11-4-6-14/h7,11H,2-6,10H2,1H3. The fourth-order valence-electron chi connectivity index (χ4n) is 1.78. The van der Waals surface area contributed by atoms with Gasteiger partial charge in [-0.3, -0.25) is 0 Å². The molecular weight excluding hydrogens is 178 g/mol. The molecule has 2 rings (SSSR count). The predicted molar refractivity (Wildman–Crippen MR) is 57.4 cm³/mol. The highest BCUT2D eigenvalue weighted by atomic mass is 15.3. The number of anilines is 2. The van der Waals surface area contributed by atoms with Gasteiger partial charge in [0.15, 0.2) is 0 Å². The quantitative estimate of drug-likeness (QED) is 0.691. The molecular formula is C9H17N5. The molecule has 0 bridgehead atoms. The topological polar surface area (TPSA) is 59.1 Å². The molecule has 0 aromatic carbocycles. The SMILES string of the molecule is CCn1cc(N)nc1N1CCNCC1. The van der Waals surface area contributed by atoms with Crippen LogP contribution in [0.3, 0.4) is 0 Å². The molecule has 1 aliphatic rings. The van der Waals surface area contributed by atoms with Gasteiger partial charge in [-0.1, -0.05) is 0 Å². The van der Waals surface area contributed by atoms with Crippen LogP contribution in [0.25, 0.3) is 0 Å². The first-order valence-corrected chi connectivity index (χ1v) is 5.09. The van der Waals surface area contributed by atoms with E-state index < -0.39 is 0 Å². The van der Waals surface area contributed by atoms with Crippen molar-refractivity contribution in [3.8, 4) is 0 Å². The van der Waals surface area contributed by atoms with Crippen molar-refractivity contribution in [2.24, 2.45) is 0 Å². The number of rotatable bonds is 2. The van der Waals surface area contributed by atoms with Crippen molar-refractivity contribution in [1.29, 1.82) is 0 Å². The van der Waals surface area contributed by atoms with E-state index in [0.29, 0.717) is 5.82 Å². The van der Waals surface area contributed by atoms with Crippen LogP contribution in [0.5, 0.6) is 0 Å². The summed E-state index contributed by atoms with van der Waals surface area (Å²) in [7, 11) is 0. The Hall–Kier alpha value is -1.23. The summed E-state index contributed by atoms with van der Waals surface area (Å²) < 4.78 is 2.10. The van der Waals surface area contributed by atoms with Crippen molar-refractivity contribution in [2.75, 3.05) is 36.8 Å². The van der Waals surface area contributed by atoms with Crippen LogP contribution in [0.4, 0.5) is 11.8 Å². The van der Waals surface area contributed by atoms with Crippen LogP contribution >= 0.6 is 0 Å². The second-order valence-electron chi connectivity index (χ2n) is 3.49. The zero-order valence-corrected chi connectivity index (χ0v) is 8.53. The van der Waals surface area contributed by atoms with E-state index in [1.807, 2.05) is 6.20 Å². The van der Waals surface area contributed by atoms with Crippen LogP contribution in [0.15, 0.2) is 6.20 Å². The largest absolute Gasteiger partial charge is 0.382 e. The van der Waals surface area contributed by atoms with Gasteiger partial charge in [0, 0.05) is 38.9 Å². The molecule has 1 aliphatic heterocycles. The summed E-state index contributed by atoms with van der Waals surface area (Å²) in [5.74, 6) is 1.62. The Labute approximate surface area is 83.9 Å². The Bertz CT molecular complexity index is 300. The van der Waals surface area contributed by atoms with Crippen molar-refractivity contribution < 1.29 is 0 Å². The maximum Gasteiger partial charge on any atom is 0.207 e. The molecule has 0 radical (unpaired) electrons. The molecule has 0 spiro atoms. The lowest BCUT2D eigenvalue weighted by Gasteiger charge is -2.28. The van der Waals surface area contributed by atoms with Gasteiger partial charge in [0.05, 0.1) is 0 Å². The summed E-state index contributed by atoms with van der Waals surface area (Å²) in [5.41, 5.74) is 5.69.